The van der Waals surface area contributed by atoms with Gasteiger partial charge in [-0.1, -0.05) is 127 Å². The second-order valence-electron chi connectivity index (χ2n) is 10.4. The zero-order valence-corrected chi connectivity index (χ0v) is 25.2. The normalized spacial score (nSPS) is 11.9. The van der Waals surface area contributed by atoms with Gasteiger partial charge in [0.05, 0.1) is 0 Å². The Kier molecular flexibility index (Phi) is 9.27. The number of nitrogens with one attached hydrogen (secondary N) is 1. The van der Waals surface area contributed by atoms with Gasteiger partial charge in [0.25, 0.3) is 7.56 Å². The number of nitrogens with zero attached hydrogens (tertiary/aromatic N) is 1. The molecule has 0 heterocycles. The minimum absolute atomic E-state index is 0. The molecule has 0 aliphatic carbocycles. The molecular weight excluding hydrogens is 534 g/mol. The monoisotopic (exact) mass is 568 g/mol. The Hall–Kier alpha value is -2.99. The highest BCUT2D eigenvalue weighted by Gasteiger charge is 2.50. The molecule has 0 fully saturated rings. The van der Waals surface area contributed by atoms with E-state index >= 15 is 0 Å². The van der Waals surface area contributed by atoms with Gasteiger partial charge in [0.1, 0.15) is 17.7 Å². The van der Waals surface area contributed by atoms with Crippen molar-refractivity contribution in [2.45, 2.75) is 26.3 Å². The van der Waals surface area contributed by atoms with Crippen LogP contribution >= 0.6 is 14.6 Å². The molecule has 0 unspecified atom stereocenters. The van der Waals surface area contributed by atoms with Crippen molar-refractivity contribution in [3.8, 4) is 0 Å². The summed E-state index contributed by atoms with van der Waals surface area (Å²) in [5.74, 6) is 0. The van der Waals surface area contributed by atoms with E-state index < -0.39 is 14.6 Å². The van der Waals surface area contributed by atoms with Crippen LogP contribution in [0.1, 0.15) is 20.8 Å². The van der Waals surface area contributed by atoms with Gasteiger partial charge in [0, 0.05) is 21.5 Å². The van der Waals surface area contributed by atoms with E-state index in [4.69, 9.17) is 4.52 Å². The minimum Gasteiger partial charge on any atom is -1.00 e. The second kappa shape index (κ2) is 12.5. The standard InChI is InChI=1S/C34H35N2P2.ClH/c1-34(2,3)35-38(32-25-15-7-16-26-32,33-27-17-8-18-28-33)36-37(29-19-9-4-10-20-29,30-21-11-5-12-22-30)31-23-13-6-14-24-31;/h4-28,35H,1-3H3;1H/q+1;/p-1. The van der Waals surface area contributed by atoms with Gasteiger partial charge in [-0.2, -0.15) is 5.09 Å². The number of hydrogen-bond donors (Lipinski definition) is 1. The molecule has 0 atom stereocenters. The second-order valence-corrected chi connectivity index (χ2v) is 16.5. The summed E-state index contributed by atoms with van der Waals surface area (Å²) >= 11 is 0. The zero-order chi connectivity index (χ0) is 26.5. The first-order valence-corrected chi connectivity index (χ1v) is 16.5. The van der Waals surface area contributed by atoms with Crippen molar-refractivity contribution in [3.05, 3.63) is 152 Å². The Morgan fingerprint density at radius 3 is 1.05 bits per heavy atom. The lowest BCUT2D eigenvalue weighted by Gasteiger charge is -2.34. The Morgan fingerprint density at radius 1 is 0.487 bits per heavy atom. The van der Waals surface area contributed by atoms with Gasteiger partial charge in [-0.05, 0) is 45.0 Å². The van der Waals surface area contributed by atoms with Crippen molar-refractivity contribution in [2.24, 2.45) is 4.52 Å². The molecule has 0 spiro atoms. The van der Waals surface area contributed by atoms with Gasteiger partial charge in [0.2, 0.25) is 0 Å². The van der Waals surface area contributed by atoms with Crippen LogP contribution < -0.4 is 44.0 Å². The Morgan fingerprint density at radius 2 is 0.769 bits per heavy atom. The van der Waals surface area contributed by atoms with Crippen LogP contribution in [0.25, 0.3) is 0 Å². The third-order valence-corrected chi connectivity index (χ3v) is 14.8. The SMILES string of the molecule is CC(C)(C)N[P+](N=P(c1ccccc1)(c1ccccc1)c1ccccc1)(c1ccccc1)c1ccccc1.[Cl-]. The Labute approximate surface area is 240 Å². The quantitative estimate of drug-likeness (QED) is 0.294. The van der Waals surface area contributed by atoms with E-state index in [-0.39, 0.29) is 17.9 Å². The van der Waals surface area contributed by atoms with Crippen molar-refractivity contribution in [1.82, 2.24) is 5.09 Å². The lowest BCUT2D eigenvalue weighted by atomic mass is 10.1. The maximum atomic E-state index is 6.29. The molecule has 198 valence electrons. The van der Waals surface area contributed by atoms with Crippen LogP contribution in [-0.4, -0.2) is 5.54 Å². The number of halogens is 1. The summed E-state index contributed by atoms with van der Waals surface area (Å²) in [6, 6.07) is 54.5. The van der Waals surface area contributed by atoms with E-state index in [0.717, 1.165) is 0 Å². The predicted octanol–water partition coefficient (Wildman–Crippen LogP) is 4.05. The van der Waals surface area contributed by atoms with E-state index in [1.807, 2.05) is 0 Å². The van der Waals surface area contributed by atoms with Crippen LogP contribution in [0, 0.1) is 0 Å². The Balaban J connectivity index is 0.00000353. The van der Waals surface area contributed by atoms with Crippen molar-refractivity contribution in [2.75, 3.05) is 0 Å². The van der Waals surface area contributed by atoms with Crippen molar-refractivity contribution in [3.63, 3.8) is 0 Å². The number of hydrogen-bond acceptors (Lipinski definition) is 2. The van der Waals surface area contributed by atoms with Gasteiger partial charge in [-0.3, -0.25) is 0 Å². The van der Waals surface area contributed by atoms with Crippen LogP contribution in [0.2, 0.25) is 0 Å². The van der Waals surface area contributed by atoms with Gasteiger partial charge >= 0.3 is 0 Å². The summed E-state index contributed by atoms with van der Waals surface area (Å²) in [6.45, 7) is 6.74. The van der Waals surface area contributed by atoms with Gasteiger partial charge in [-0.15, -0.1) is 4.52 Å². The van der Waals surface area contributed by atoms with Crippen LogP contribution in [-0.2, 0) is 0 Å². The van der Waals surface area contributed by atoms with E-state index in [1.54, 1.807) is 0 Å². The first kappa shape index (κ1) is 29.0. The summed E-state index contributed by atoms with van der Waals surface area (Å²) < 4.78 is 6.29. The third-order valence-electron chi connectivity index (χ3n) is 6.41. The summed E-state index contributed by atoms with van der Waals surface area (Å²) in [7, 11) is -5.00. The molecule has 39 heavy (non-hydrogen) atoms. The zero-order valence-electron chi connectivity index (χ0n) is 22.7. The maximum absolute atomic E-state index is 6.29. The highest BCUT2D eigenvalue weighted by molar-refractivity contribution is 7.97. The molecule has 0 saturated carbocycles. The predicted molar refractivity (Wildman–Crippen MR) is 170 cm³/mol. The van der Waals surface area contributed by atoms with E-state index in [0.29, 0.717) is 0 Å². The first-order chi connectivity index (χ1) is 18.4. The summed E-state index contributed by atoms with van der Waals surface area (Å²) in [5, 5.41) is 10.4. The molecule has 0 aromatic heterocycles. The van der Waals surface area contributed by atoms with Crippen molar-refractivity contribution in [1.29, 1.82) is 0 Å². The number of benzene rings is 5. The van der Waals surface area contributed by atoms with Crippen LogP contribution in [0.4, 0.5) is 0 Å². The Bertz CT molecular complexity index is 1360. The van der Waals surface area contributed by atoms with Crippen LogP contribution in [0.3, 0.4) is 0 Å². The van der Waals surface area contributed by atoms with Gasteiger partial charge < -0.3 is 12.4 Å². The third kappa shape index (κ3) is 6.11. The van der Waals surface area contributed by atoms with Gasteiger partial charge in [-0.25, -0.2) is 0 Å². The molecule has 5 aromatic rings. The molecule has 0 aliphatic rings. The minimum atomic E-state index is -2.52. The highest BCUT2D eigenvalue weighted by atomic mass is 35.5. The molecule has 0 bridgehead atoms. The lowest BCUT2D eigenvalue weighted by Crippen LogP contribution is -3.00. The van der Waals surface area contributed by atoms with Crippen molar-refractivity contribution >= 4 is 41.1 Å². The molecule has 5 rings (SSSR count). The van der Waals surface area contributed by atoms with E-state index in [9.17, 15) is 0 Å². The summed E-state index contributed by atoms with van der Waals surface area (Å²) in [6.07, 6.45) is 0. The largest absolute Gasteiger partial charge is 1.00 e. The smallest absolute Gasteiger partial charge is 0.264 e. The van der Waals surface area contributed by atoms with E-state index in [2.05, 4.69) is 178 Å². The molecule has 5 heteroatoms. The van der Waals surface area contributed by atoms with Crippen molar-refractivity contribution < 1.29 is 12.4 Å². The highest BCUT2D eigenvalue weighted by Crippen LogP contribution is 2.65. The van der Waals surface area contributed by atoms with Crippen LogP contribution in [0.15, 0.2) is 156 Å². The molecule has 0 aliphatic heterocycles. The fraction of sp³-hybridized carbons (Fsp3) is 0.118. The average Bonchev–Trinajstić information content (AvgIpc) is 2.97. The fourth-order valence-corrected chi connectivity index (χ4v) is 14.2. The molecular formula is C34H35ClN2P2. The molecule has 1 N–H and O–H groups in total. The summed E-state index contributed by atoms with van der Waals surface area (Å²) in [5.41, 5.74) is -0.178. The molecule has 0 amide bonds. The lowest BCUT2D eigenvalue weighted by molar-refractivity contribution is -0.00000836. The topological polar surface area (TPSA) is 24.4 Å². The van der Waals surface area contributed by atoms with E-state index in [1.165, 1.54) is 26.5 Å². The summed E-state index contributed by atoms with van der Waals surface area (Å²) in [4.78, 5) is 0. The first-order valence-electron chi connectivity index (χ1n) is 13.0. The van der Waals surface area contributed by atoms with Gasteiger partial charge in [0.15, 0.2) is 0 Å². The molecule has 5 aromatic carbocycles. The fourth-order valence-electron chi connectivity index (χ4n) is 4.91. The maximum Gasteiger partial charge on any atom is 0.264 e. The molecule has 2 nitrogen and oxygen atoms in total. The molecule has 0 radical (unpaired) electrons. The van der Waals surface area contributed by atoms with Crippen LogP contribution in [0.5, 0.6) is 0 Å². The average molecular weight is 569 g/mol. The molecule has 0 saturated heterocycles. The number of rotatable bonds is 7.